The van der Waals surface area contributed by atoms with Crippen LogP contribution in [0.3, 0.4) is 0 Å². The SMILES string of the molecule is CC(C)N[C@@H](Cc1cnc[nH]1)C(=O)C[C@H](Cc1ccc(I)cc1)C(=O)N[C@@H](CCCN=C(N)N)C(=O)C[C@@H](CC1=CCc2ccccc21)C(=O)C(C)C. The van der Waals surface area contributed by atoms with Crippen LogP contribution < -0.4 is 22.1 Å². The first-order valence-corrected chi connectivity index (χ1v) is 19.6. The number of amides is 1. The van der Waals surface area contributed by atoms with E-state index in [9.17, 15) is 19.2 Å². The topological polar surface area (TPSA) is 185 Å². The van der Waals surface area contributed by atoms with Gasteiger partial charge in [0.15, 0.2) is 17.5 Å². The third kappa shape index (κ3) is 13.0. The third-order valence-electron chi connectivity index (χ3n) is 9.58. The molecule has 0 saturated heterocycles. The molecular formula is C41H54IN7O4. The van der Waals surface area contributed by atoms with Crippen LogP contribution in [0.25, 0.3) is 5.57 Å². The van der Waals surface area contributed by atoms with Gasteiger partial charge >= 0.3 is 0 Å². The molecular weight excluding hydrogens is 781 g/mol. The van der Waals surface area contributed by atoms with Crippen molar-refractivity contribution < 1.29 is 19.2 Å². The molecule has 0 unspecified atom stereocenters. The number of allylic oxidation sites excluding steroid dienone is 2. The third-order valence-corrected chi connectivity index (χ3v) is 10.3. The Morgan fingerprint density at radius 3 is 2.26 bits per heavy atom. The average molecular weight is 836 g/mol. The van der Waals surface area contributed by atoms with Crippen molar-refractivity contribution in [3.63, 3.8) is 0 Å². The molecule has 0 radical (unpaired) electrons. The largest absolute Gasteiger partial charge is 0.370 e. The molecule has 53 heavy (non-hydrogen) atoms. The Balaban J connectivity index is 1.58. The lowest BCUT2D eigenvalue weighted by molar-refractivity contribution is -0.134. The van der Waals surface area contributed by atoms with Crippen LogP contribution in [0.15, 0.2) is 72.1 Å². The van der Waals surface area contributed by atoms with Gasteiger partial charge in [0.1, 0.15) is 5.78 Å². The van der Waals surface area contributed by atoms with Gasteiger partial charge in [-0.1, -0.05) is 70.2 Å². The summed E-state index contributed by atoms with van der Waals surface area (Å²) in [6.45, 7) is 7.93. The average Bonchev–Trinajstić information content (AvgIpc) is 3.79. The zero-order chi connectivity index (χ0) is 38.5. The number of aromatic amines is 1. The van der Waals surface area contributed by atoms with E-state index in [-0.39, 0.29) is 67.0 Å². The number of aromatic nitrogens is 2. The molecule has 4 rings (SSSR count). The Kier molecular flexibility index (Phi) is 16.0. The number of carbonyl (C=O) groups excluding carboxylic acids is 4. The van der Waals surface area contributed by atoms with E-state index in [1.165, 1.54) is 5.56 Å². The second-order valence-corrected chi connectivity index (χ2v) is 15.8. The van der Waals surface area contributed by atoms with Gasteiger partial charge in [-0.05, 0) is 89.1 Å². The highest BCUT2D eigenvalue weighted by molar-refractivity contribution is 14.1. The Bertz CT molecular complexity index is 1750. The standard InChI is InChI=1S/C41H54IN7O4/c1-25(2)39(52)30(19-29-14-13-28-8-5-6-9-34(28)29)20-37(50)35(10-7-17-46-41(43)44)49-40(53)31(18-27-11-15-32(42)16-12-27)21-38(51)36(48-26(3)4)22-33-23-45-24-47-33/h5-6,8-9,11-12,14-16,23-26,30-31,35-36,48H,7,10,13,17-22H2,1-4H3,(H,45,47)(H,49,53)(H4,43,44,46)/t30-,31+,35+,36+/m1/s1. The van der Waals surface area contributed by atoms with Crippen molar-refractivity contribution in [3.05, 3.63) is 93.1 Å². The highest BCUT2D eigenvalue weighted by Gasteiger charge is 2.33. The van der Waals surface area contributed by atoms with E-state index in [4.69, 9.17) is 11.5 Å². The summed E-state index contributed by atoms with van der Waals surface area (Å²) in [5.74, 6) is -2.33. The molecule has 284 valence electrons. The van der Waals surface area contributed by atoms with E-state index in [0.29, 0.717) is 25.7 Å². The summed E-state index contributed by atoms with van der Waals surface area (Å²) < 4.78 is 1.05. The molecule has 0 bridgehead atoms. The zero-order valence-corrected chi connectivity index (χ0v) is 33.4. The molecule has 1 heterocycles. The summed E-state index contributed by atoms with van der Waals surface area (Å²) in [5.41, 5.74) is 16.2. The van der Waals surface area contributed by atoms with E-state index in [1.807, 2.05) is 64.1 Å². The highest BCUT2D eigenvalue weighted by Crippen LogP contribution is 2.34. The molecule has 0 aliphatic heterocycles. The first-order valence-electron chi connectivity index (χ1n) is 18.5. The number of ketones is 3. The van der Waals surface area contributed by atoms with Crippen LogP contribution in [-0.2, 0) is 38.4 Å². The number of benzene rings is 2. The van der Waals surface area contributed by atoms with Crippen LogP contribution in [0, 0.1) is 21.3 Å². The van der Waals surface area contributed by atoms with Crippen LogP contribution in [0.2, 0.25) is 0 Å². The molecule has 1 amide bonds. The molecule has 2 aromatic carbocycles. The molecule has 3 aromatic rings. The van der Waals surface area contributed by atoms with Crippen LogP contribution in [0.4, 0.5) is 0 Å². The zero-order valence-electron chi connectivity index (χ0n) is 31.2. The molecule has 4 atom stereocenters. The predicted octanol–water partition coefficient (Wildman–Crippen LogP) is 5.11. The number of nitrogens with zero attached hydrogens (tertiary/aromatic N) is 2. The van der Waals surface area contributed by atoms with Gasteiger partial charge in [0.25, 0.3) is 0 Å². The molecule has 1 aliphatic rings. The Hall–Kier alpha value is -4.17. The normalized spacial score (nSPS) is 14.6. The number of aliphatic imine (C=N–C) groups is 1. The maximum atomic E-state index is 14.3. The van der Waals surface area contributed by atoms with Gasteiger partial charge in [0, 0.05) is 65.1 Å². The number of carbonyl (C=O) groups is 4. The van der Waals surface area contributed by atoms with Gasteiger partial charge in [-0.25, -0.2) is 4.98 Å². The Labute approximate surface area is 326 Å². The van der Waals surface area contributed by atoms with Gasteiger partial charge in [-0.3, -0.25) is 24.2 Å². The summed E-state index contributed by atoms with van der Waals surface area (Å²) in [6.07, 6.45) is 8.00. The summed E-state index contributed by atoms with van der Waals surface area (Å²) >= 11 is 2.23. The van der Waals surface area contributed by atoms with Crippen molar-refractivity contribution in [2.24, 2.45) is 34.2 Å². The van der Waals surface area contributed by atoms with Gasteiger partial charge in [-0.15, -0.1) is 0 Å². The Morgan fingerprint density at radius 2 is 1.60 bits per heavy atom. The fourth-order valence-corrected chi connectivity index (χ4v) is 7.24. The number of H-pyrrole nitrogens is 1. The molecule has 7 N–H and O–H groups in total. The molecule has 0 fully saturated rings. The van der Waals surface area contributed by atoms with Crippen LogP contribution >= 0.6 is 22.6 Å². The van der Waals surface area contributed by atoms with Crippen molar-refractivity contribution in [2.45, 2.75) is 97.2 Å². The van der Waals surface area contributed by atoms with Crippen molar-refractivity contribution in [1.82, 2.24) is 20.6 Å². The summed E-state index contributed by atoms with van der Waals surface area (Å²) in [7, 11) is 0. The number of nitrogens with one attached hydrogen (secondary N) is 3. The quantitative estimate of drug-likeness (QED) is 0.0400. The van der Waals surface area contributed by atoms with Crippen molar-refractivity contribution >= 4 is 57.4 Å². The summed E-state index contributed by atoms with van der Waals surface area (Å²) in [5, 5.41) is 6.39. The van der Waals surface area contributed by atoms with Gasteiger partial charge in [0.05, 0.1) is 18.4 Å². The molecule has 12 heteroatoms. The minimum atomic E-state index is -0.895. The second-order valence-electron chi connectivity index (χ2n) is 14.6. The summed E-state index contributed by atoms with van der Waals surface area (Å²) in [6, 6.07) is 14.6. The molecule has 0 saturated carbocycles. The second kappa shape index (κ2) is 20.3. The number of hydrogen-bond donors (Lipinski definition) is 5. The van der Waals surface area contributed by atoms with E-state index in [1.54, 1.807) is 12.5 Å². The van der Waals surface area contributed by atoms with Crippen molar-refractivity contribution in [2.75, 3.05) is 6.54 Å². The number of rotatable bonds is 22. The maximum absolute atomic E-state index is 14.3. The maximum Gasteiger partial charge on any atom is 0.224 e. The van der Waals surface area contributed by atoms with E-state index in [2.05, 4.69) is 66.4 Å². The number of halogens is 1. The minimum absolute atomic E-state index is 0.0114. The van der Waals surface area contributed by atoms with Gasteiger partial charge in [-0.2, -0.15) is 0 Å². The highest BCUT2D eigenvalue weighted by atomic mass is 127. The van der Waals surface area contributed by atoms with Gasteiger partial charge in [0.2, 0.25) is 5.91 Å². The number of fused-ring (bicyclic) bond motifs is 1. The molecule has 11 nitrogen and oxygen atoms in total. The van der Waals surface area contributed by atoms with Crippen molar-refractivity contribution in [3.8, 4) is 0 Å². The lowest BCUT2D eigenvalue weighted by atomic mass is 9.83. The van der Waals surface area contributed by atoms with Crippen LogP contribution in [0.5, 0.6) is 0 Å². The number of hydrogen-bond acceptors (Lipinski definition) is 7. The van der Waals surface area contributed by atoms with Crippen LogP contribution in [-0.4, -0.2) is 63.9 Å². The van der Waals surface area contributed by atoms with E-state index in [0.717, 1.165) is 32.4 Å². The first-order chi connectivity index (χ1) is 25.3. The Morgan fingerprint density at radius 1 is 0.906 bits per heavy atom. The van der Waals surface area contributed by atoms with E-state index >= 15 is 0 Å². The fourth-order valence-electron chi connectivity index (χ4n) is 6.88. The molecule has 0 spiro atoms. The fraction of sp³-hybridized carbons (Fsp3) is 0.463. The number of nitrogens with two attached hydrogens (primary N) is 2. The molecule has 1 aliphatic carbocycles. The smallest absolute Gasteiger partial charge is 0.224 e. The number of guanidine groups is 1. The number of Topliss-reactive ketones (excluding diaryl/α,β-unsaturated/α-hetero) is 3. The summed E-state index contributed by atoms with van der Waals surface area (Å²) in [4.78, 5) is 67.4. The van der Waals surface area contributed by atoms with Gasteiger partial charge < -0.3 is 27.1 Å². The predicted molar refractivity (Wildman–Crippen MR) is 218 cm³/mol. The lowest BCUT2D eigenvalue weighted by Crippen LogP contribution is -2.47. The first kappa shape index (κ1) is 41.6. The molecule has 1 aromatic heterocycles. The monoisotopic (exact) mass is 835 g/mol. The van der Waals surface area contributed by atoms with E-state index < -0.39 is 23.9 Å². The van der Waals surface area contributed by atoms with Crippen molar-refractivity contribution in [1.29, 1.82) is 0 Å². The minimum Gasteiger partial charge on any atom is -0.370 e. The number of imidazole rings is 1. The van der Waals surface area contributed by atoms with Crippen LogP contribution in [0.1, 0.15) is 82.2 Å². The lowest BCUT2D eigenvalue weighted by Gasteiger charge is -2.26.